The molecular weight excluding hydrogens is 230 g/mol. The number of methoxy groups -OCH3 is 1. The first-order valence-corrected chi connectivity index (χ1v) is 4.25. The average Bonchev–Trinajstić information content (AvgIpc) is 2.21. The summed E-state index contributed by atoms with van der Waals surface area (Å²) in [6.07, 6.45) is -1.89. The summed E-state index contributed by atoms with van der Waals surface area (Å²) in [6, 6.07) is 1.42. The fourth-order valence-corrected chi connectivity index (χ4v) is 1.23. The van der Waals surface area contributed by atoms with Gasteiger partial charge in [-0.2, -0.15) is 0 Å². The fourth-order valence-electron chi connectivity index (χ4n) is 1.01. The van der Waals surface area contributed by atoms with Crippen LogP contribution in [0.15, 0.2) is 12.1 Å². The lowest BCUT2D eigenvalue weighted by Gasteiger charge is -2.10. The second kappa shape index (κ2) is 4.55. The molecule has 3 nitrogen and oxygen atoms in total. The standard InChI is InChI=1S/C9H7ClF2O3/c1-15-9(14)8(13)5-2-4(11)3-6(10)7(5)12/h2-3,8,13H,1H3. The third-order valence-corrected chi connectivity index (χ3v) is 2.02. The van der Waals surface area contributed by atoms with Gasteiger partial charge in [0.2, 0.25) is 0 Å². The number of carbonyl (C=O) groups is 1. The van der Waals surface area contributed by atoms with E-state index in [9.17, 15) is 18.7 Å². The molecule has 0 spiro atoms. The van der Waals surface area contributed by atoms with Crippen molar-refractivity contribution in [3.63, 3.8) is 0 Å². The van der Waals surface area contributed by atoms with Crippen LogP contribution >= 0.6 is 11.6 Å². The molecule has 0 amide bonds. The number of hydrogen-bond donors (Lipinski definition) is 1. The van der Waals surface area contributed by atoms with Gasteiger partial charge in [-0.15, -0.1) is 0 Å². The molecule has 0 fully saturated rings. The normalized spacial score (nSPS) is 12.3. The number of ether oxygens (including phenoxy) is 1. The molecule has 0 saturated carbocycles. The molecule has 6 heteroatoms. The van der Waals surface area contributed by atoms with Gasteiger partial charge in [-0.05, 0) is 12.1 Å². The van der Waals surface area contributed by atoms with E-state index in [4.69, 9.17) is 11.6 Å². The van der Waals surface area contributed by atoms with Crippen LogP contribution in [0, 0.1) is 11.6 Å². The van der Waals surface area contributed by atoms with Crippen molar-refractivity contribution >= 4 is 17.6 Å². The molecule has 0 radical (unpaired) electrons. The zero-order chi connectivity index (χ0) is 11.6. The van der Waals surface area contributed by atoms with E-state index >= 15 is 0 Å². The second-order valence-corrected chi connectivity index (χ2v) is 3.12. The molecule has 1 rings (SSSR count). The van der Waals surface area contributed by atoms with Gasteiger partial charge in [-0.1, -0.05) is 11.6 Å². The largest absolute Gasteiger partial charge is 0.467 e. The van der Waals surface area contributed by atoms with Crippen molar-refractivity contribution in [2.24, 2.45) is 0 Å². The first kappa shape index (κ1) is 11.9. The zero-order valence-electron chi connectivity index (χ0n) is 7.63. The quantitative estimate of drug-likeness (QED) is 0.629. The van der Waals surface area contributed by atoms with Crippen molar-refractivity contribution in [3.8, 4) is 0 Å². The topological polar surface area (TPSA) is 46.5 Å². The summed E-state index contributed by atoms with van der Waals surface area (Å²) in [4.78, 5) is 10.9. The first-order chi connectivity index (χ1) is 6.97. The molecule has 0 aliphatic heterocycles. The molecule has 0 heterocycles. The lowest BCUT2D eigenvalue weighted by atomic mass is 10.1. The summed E-state index contributed by atoms with van der Waals surface area (Å²) in [5.74, 6) is -2.98. The van der Waals surface area contributed by atoms with Crippen molar-refractivity contribution in [2.75, 3.05) is 7.11 Å². The monoisotopic (exact) mass is 236 g/mol. The summed E-state index contributed by atoms with van der Waals surface area (Å²) < 4.78 is 30.3. The smallest absolute Gasteiger partial charge is 0.339 e. The van der Waals surface area contributed by atoms with Crippen LogP contribution < -0.4 is 0 Å². The third-order valence-electron chi connectivity index (χ3n) is 1.74. The van der Waals surface area contributed by atoms with Gasteiger partial charge in [0.1, 0.15) is 11.6 Å². The Hall–Kier alpha value is -1.20. The van der Waals surface area contributed by atoms with Crippen LogP contribution in [0.3, 0.4) is 0 Å². The predicted molar refractivity (Wildman–Crippen MR) is 48.3 cm³/mol. The average molecular weight is 237 g/mol. The van der Waals surface area contributed by atoms with E-state index in [0.29, 0.717) is 6.07 Å². The molecule has 1 unspecified atom stereocenters. The molecule has 0 aromatic heterocycles. The maximum atomic E-state index is 13.3. The van der Waals surface area contributed by atoms with Crippen LogP contribution in [-0.4, -0.2) is 18.2 Å². The molecule has 1 aromatic carbocycles. The molecule has 1 atom stereocenters. The number of benzene rings is 1. The molecule has 0 bridgehead atoms. The van der Waals surface area contributed by atoms with Crippen molar-refractivity contribution in [1.82, 2.24) is 0 Å². The Kier molecular flexibility index (Phi) is 3.60. The zero-order valence-corrected chi connectivity index (χ0v) is 8.39. The van der Waals surface area contributed by atoms with E-state index in [2.05, 4.69) is 4.74 Å². The van der Waals surface area contributed by atoms with E-state index in [-0.39, 0.29) is 0 Å². The highest BCUT2D eigenvalue weighted by molar-refractivity contribution is 6.30. The summed E-state index contributed by atoms with van der Waals surface area (Å²) in [5, 5.41) is 8.77. The number of hydrogen-bond acceptors (Lipinski definition) is 3. The van der Waals surface area contributed by atoms with Crippen LogP contribution in [0.2, 0.25) is 5.02 Å². The maximum absolute atomic E-state index is 13.3. The van der Waals surface area contributed by atoms with E-state index in [1.54, 1.807) is 0 Å². The highest BCUT2D eigenvalue weighted by Crippen LogP contribution is 2.25. The van der Waals surface area contributed by atoms with Gasteiger partial charge in [0.05, 0.1) is 12.1 Å². The highest BCUT2D eigenvalue weighted by Gasteiger charge is 2.23. The van der Waals surface area contributed by atoms with Gasteiger partial charge >= 0.3 is 5.97 Å². The minimum absolute atomic E-state index is 0.507. The lowest BCUT2D eigenvalue weighted by Crippen LogP contribution is -2.15. The number of esters is 1. The van der Waals surface area contributed by atoms with Crippen LogP contribution in [0.5, 0.6) is 0 Å². The van der Waals surface area contributed by atoms with Crippen molar-refractivity contribution < 1.29 is 23.4 Å². The fraction of sp³-hybridized carbons (Fsp3) is 0.222. The molecule has 1 N–H and O–H groups in total. The minimum Gasteiger partial charge on any atom is -0.467 e. The van der Waals surface area contributed by atoms with Gasteiger partial charge < -0.3 is 9.84 Å². The number of aliphatic hydroxyl groups is 1. The summed E-state index contributed by atoms with van der Waals surface area (Å²) in [7, 11) is 1.02. The number of rotatable bonds is 2. The SMILES string of the molecule is COC(=O)C(O)c1cc(F)cc(Cl)c1F. The molecule has 15 heavy (non-hydrogen) atoms. The van der Waals surface area contributed by atoms with E-state index in [1.807, 2.05) is 0 Å². The second-order valence-electron chi connectivity index (χ2n) is 2.72. The Morgan fingerprint density at radius 3 is 2.67 bits per heavy atom. The highest BCUT2D eigenvalue weighted by atomic mass is 35.5. The molecule has 82 valence electrons. The number of carbonyl (C=O) groups excluding carboxylic acids is 1. The van der Waals surface area contributed by atoms with Crippen molar-refractivity contribution in [2.45, 2.75) is 6.10 Å². The molecule has 0 aliphatic rings. The molecule has 1 aromatic rings. The molecular formula is C9H7ClF2O3. The first-order valence-electron chi connectivity index (χ1n) is 3.87. The van der Waals surface area contributed by atoms with Gasteiger partial charge in [0.25, 0.3) is 0 Å². The van der Waals surface area contributed by atoms with E-state index in [0.717, 1.165) is 13.2 Å². The summed E-state index contributed by atoms with van der Waals surface area (Å²) in [6.45, 7) is 0. The number of aliphatic hydroxyl groups excluding tert-OH is 1. The predicted octanol–water partition coefficient (Wildman–Crippen LogP) is 1.82. The van der Waals surface area contributed by atoms with Crippen LogP contribution in [0.1, 0.15) is 11.7 Å². The van der Waals surface area contributed by atoms with Gasteiger partial charge in [-0.3, -0.25) is 0 Å². The Labute approximate surface area is 89.2 Å². The Balaban J connectivity index is 3.19. The Bertz CT molecular complexity index is 395. The van der Waals surface area contributed by atoms with Crippen molar-refractivity contribution in [3.05, 3.63) is 34.4 Å². The molecule has 0 saturated heterocycles. The summed E-state index contributed by atoms with van der Waals surface area (Å²) >= 11 is 5.33. The maximum Gasteiger partial charge on any atom is 0.339 e. The summed E-state index contributed by atoms with van der Waals surface area (Å²) in [5.41, 5.74) is -0.549. The number of halogens is 3. The molecule has 0 aliphatic carbocycles. The van der Waals surface area contributed by atoms with E-state index < -0.39 is 34.3 Å². The minimum atomic E-state index is -1.89. The van der Waals surface area contributed by atoms with E-state index in [1.165, 1.54) is 0 Å². The van der Waals surface area contributed by atoms with Gasteiger partial charge in [0.15, 0.2) is 6.10 Å². The Morgan fingerprint density at radius 2 is 2.13 bits per heavy atom. The Morgan fingerprint density at radius 1 is 1.53 bits per heavy atom. The lowest BCUT2D eigenvalue weighted by molar-refractivity contribution is -0.150. The van der Waals surface area contributed by atoms with Crippen LogP contribution in [0.25, 0.3) is 0 Å². The third kappa shape index (κ3) is 2.43. The van der Waals surface area contributed by atoms with Gasteiger partial charge in [-0.25, -0.2) is 13.6 Å². The van der Waals surface area contributed by atoms with Crippen LogP contribution in [0.4, 0.5) is 8.78 Å². The van der Waals surface area contributed by atoms with Crippen molar-refractivity contribution in [1.29, 1.82) is 0 Å². The van der Waals surface area contributed by atoms with Gasteiger partial charge in [0, 0.05) is 5.56 Å². The van der Waals surface area contributed by atoms with Crippen LogP contribution in [-0.2, 0) is 9.53 Å².